The Kier molecular flexibility index (Phi) is 3.44. The van der Waals surface area contributed by atoms with E-state index in [1.54, 1.807) is 0 Å². The van der Waals surface area contributed by atoms with Crippen molar-refractivity contribution in [3.8, 4) is 11.8 Å². The maximum absolute atomic E-state index is 12.0. The Labute approximate surface area is 93.4 Å². The van der Waals surface area contributed by atoms with Gasteiger partial charge in [-0.3, -0.25) is 0 Å². The van der Waals surface area contributed by atoms with Crippen LogP contribution in [-0.2, 0) is 5.88 Å². The largest absolute Gasteiger partial charge is 0.573 e. The lowest BCUT2D eigenvalue weighted by Crippen LogP contribution is -2.19. The van der Waals surface area contributed by atoms with Gasteiger partial charge in [0.05, 0.1) is 11.6 Å². The van der Waals surface area contributed by atoms with E-state index in [0.29, 0.717) is 0 Å². The lowest BCUT2D eigenvalue weighted by Gasteiger charge is -2.12. The molecule has 16 heavy (non-hydrogen) atoms. The molecule has 1 rings (SSSR count). The molecule has 0 atom stereocenters. The summed E-state index contributed by atoms with van der Waals surface area (Å²) in [6.45, 7) is 0. The second kappa shape index (κ2) is 4.45. The highest BCUT2D eigenvalue weighted by molar-refractivity contribution is 6.16. The Hall–Kier alpha value is -1.68. The molecule has 0 aliphatic rings. The summed E-state index contributed by atoms with van der Waals surface area (Å²) in [7, 11) is 0. The van der Waals surface area contributed by atoms with Crippen molar-refractivity contribution in [1.82, 2.24) is 4.98 Å². The predicted octanol–water partition coefficient (Wildman–Crippen LogP) is 2.17. The molecular weight excluding hydrogens is 247 g/mol. The molecule has 1 aromatic heterocycles. The third kappa shape index (κ3) is 2.90. The van der Waals surface area contributed by atoms with Crippen molar-refractivity contribution in [2.24, 2.45) is 0 Å². The minimum absolute atomic E-state index is 0.0643. The average Bonchev–Trinajstić information content (AvgIpc) is 2.19. The predicted molar refractivity (Wildman–Crippen MR) is 49.6 cm³/mol. The van der Waals surface area contributed by atoms with Crippen LogP contribution in [0.4, 0.5) is 19.0 Å². The molecule has 1 heterocycles. The van der Waals surface area contributed by atoms with Crippen LogP contribution < -0.4 is 10.5 Å². The normalized spacial score (nSPS) is 10.9. The van der Waals surface area contributed by atoms with Crippen LogP contribution in [0.3, 0.4) is 0 Å². The van der Waals surface area contributed by atoms with Crippen molar-refractivity contribution in [3.05, 3.63) is 17.3 Å². The van der Waals surface area contributed by atoms with E-state index in [-0.39, 0.29) is 17.1 Å². The van der Waals surface area contributed by atoms with Crippen LogP contribution >= 0.6 is 11.6 Å². The molecule has 0 fully saturated rings. The Morgan fingerprint density at radius 2 is 2.19 bits per heavy atom. The van der Waals surface area contributed by atoms with Gasteiger partial charge in [0.1, 0.15) is 11.6 Å². The number of rotatable bonds is 2. The van der Waals surface area contributed by atoms with Gasteiger partial charge in [-0.05, 0) is 6.07 Å². The zero-order valence-electron chi connectivity index (χ0n) is 7.68. The maximum atomic E-state index is 12.0. The van der Waals surface area contributed by atoms with E-state index in [1.807, 2.05) is 0 Å². The van der Waals surface area contributed by atoms with E-state index >= 15 is 0 Å². The number of nitrogens with two attached hydrogens (primary N) is 1. The van der Waals surface area contributed by atoms with Crippen molar-refractivity contribution in [1.29, 1.82) is 5.26 Å². The van der Waals surface area contributed by atoms with Gasteiger partial charge in [-0.15, -0.1) is 24.8 Å². The lowest BCUT2D eigenvalue weighted by molar-refractivity contribution is -0.274. The minimum atomic E-state index is -4.93. The Bertz CT molecular complexity index is 441. The SMILES string of the molecule is N#Cc1cc(CCl)nc(N)c1OC(F)(F)F. The number of alkyl halides is 4. The van der Waals surface area contributed by atoms with Crippen LogP contribution in [0.25, 0.3) is 0 Å². The molecular formula is C8H5ClF3N3O. The van der Waals surface area contributed by atoms with E-state index in [9.17, 15) is 13.2 Å². The Morgan fingerprint density at radius 3 is 2.62 bits per heavy atom. The molecule has 0 saturated heterocycles. The number of pyridine rings is 1. The highest BCUT2D eigenvalue weighted by atomic mass is 35.5. The topological polar surface area (TPSA) is 71.9 Å². The summed E-state index contributed by atoms with van der Waals surface area (Å²) in [5, 5.41) is 8.64. The highest BCUT2D eigenvalue weighted by Gasteiger charge is 2.33. The number of nitrogens with zero attached hydrogens (tertiary/aromatic N) is 2. The molecule has 0 radical (unpaired) electrons. The number of nitrogen functional groups attached to an aromatic ring is 1. The Balaban J connectivity index is 3.23. The molecule has 0 spiro atoms. The molecule has 0 saturated carbocycles. The summed E-state index contributed by atoms with van der Waals surface area (Å²) in [6, 6.07) is 2.62. The standard InChI is InChI=1S/C8H5ClF3N3O/c9-2-5-1-4(3-13)6(7(14)15-5)16-8(10,11)12/h1H,2H2,(H2,14,15). The van der Waals surface area contributed by atoms with Gasteiger partial charge in [-0.2, -0.15) is 5.26 Å². The molecule has 86 valence electrons. The first kappa shape index (κ1) is 12.4. The fourth-order valence-electron chi connectivity index (χ4n) is 0.982. The second-order valence-electron chi connectivity index (χ2n) is 2.67. The van der Waals surface area contributed by atoms with Crippen molar-refractivity contribution in [3.63, 3.8) is 0 Å². The van der Waals surface area contributed by atoms with Crippen molar-refractivity contribution in [2.75, 3.05) is 5.73 Å². The summed E-state index contributed by atoms with van der Waals surface area (Å²) in [5.41, 5.74) is 5.07. The fourth-order valence-corrected chi connectivity index (χ4v) is 1.12. The molecule has 2 N–H and O–H groups in total. The minimum Gasteiger partial charge on any atom is -0.400 e. The van der Waals surface area contributed by atoms with Crippen LogP contribution in [0.1, 0.15) is 11.3 Å². The third-order valence-corrected chi connectivity index (χ3v) is 1.80. The van der Waals surface area contributed by atoms with E-state index in [4.69, 9.17) is 22.6 Å². The Morgan fingerprint density at radius 1 is 1.56 bits per heavy atom. The number of ether oxygens (including phenoxy) is 1. The van der Waals surface area contributed by atoms with Gasteiger partial charge in [0.15, 0.2) is 11.6 Å². The van der Waals surface area contributed by atoms with E-state index < -0.39 is 17.9 Å². The van der Waals surface area contributed by atoms with Gasteiger partial charge in [0, 0.05) is 0 Å². The monoisotopic (exact) mass is 251 g/mol. The lowest BCUT2D eigenvalue weighted by atomic mass is 10.2. The summed E-state index contributed by atoms with van der Waals surface area (Å²) in [5.74, 6) is -1.39. The van der Waals surface area contributed by atoms with E-state index in [1.165, 1.54) is 6.07 Å². The van der Waals surface area contributed by atoms with E-state index in [0.717, 1.165) is 6.07 Å². The molecule has 0 aliphatic carbocycles. The summed E-state index contributed by atoms with van der Waals surface area (Å²) >= 11 is 5.42. The quantitative estimate of drug-likeness (QED) is 0.818. The van der Waals surface area contributed by atoms with Crippen LogP contribution in [0.15, 0.2) is 6.07 Å². The zero-order valence-corrected chi connectivity index (χ0v) is 8.43. The first-order valence-electron chi connectivity index (χ1n) is 3.88. The summed E-state index contributed by atoms with van der Waals surface area (Å²) < 4.78 is 39.5. The smallest absolute Gasteiger partial charge is 0.400 e. The third-order valence-electron chi connectivity index (χ3n) is 1.53. The van der Waals surface area contributed by atoms with Crippen LogP contribution in [0.5, 0.6) is 5.75 Å². The van der Waals surface area contributed by atoms with Gasteiger partial charge in [-0.1, -0.05) is 0 Å². The highest BCUT2D eigenvalue weighted by Crippen LogP contribution is 2.31. The number of halogens is 4. The first-order valence-corrected chi connectivity index (χ1v) is 4.42. The molecule has 1 aromatic rings. The number of hydrogen-bond acceptors (Lipinski definition) is 4. The van der Waals surface area contributed by atoms with Crippen LogP contribution in [-0.4, -0.2) is 11.3 Å². The molecule has 4 nitrogen and oxygen atoms in total. The molecule has 0 bridgehead atoms. The molecule has 0 aromatic carbocycles. The van der Waals surface area contributed by atoms with Gasteiger partial charge < -0.3 is 10.5 Å². The van der Waals surface area contributed by atoms with Crippen LogP contribution in [0, 0.1) is 11.3 Å². The van der Waals surface area contributed by atoms with Crippen molar-refractivity contribution in [2.45, 2.75) is 12.2 Å². The molecule has 0 unspecified atom stereocenters. The second-order valence-corrected chi connectivity index (χ2v) is 2.94. The average molecular weight is 252 g/mol. The van der Waals surface area contributed by atoms with Crippen LogP contribution in [0.2, 0.25) is 0 Å². The first-order chi connectivity index (χ1) is 7.37. The number of aromatic nitrogens is 1. The summed E-state index contributed by atoms with van der Waals surface area (Å²) in [6.07, 6.45) is -4.93. The van der Waals surface area contributed by atoms with Crippen molar-refractivity contribution < 1.29 is 17.9 Å². The summed E-state index contributed by atoms with van der Waals surface area (Å²) in [4.78, 5) is 3.55. The van der Waals surface area contributed by atoms with Gasteiger partial charge in [0.2, 0.25) is 0 Å². The number of nitriles is 1. The molecule has 8 heteroatoms. The number of hydrogen-bond donors (Lipinski definition) is 1. The zero-order chi connectivity index (χ0) is 12.3. The van der Waals surface area contributed by atoms with Gasteiger partial charge >= 0.3 is 6.36 Å². The molecule has 0 amide bonds. The fraction of sp³-hybridized carbons (Fsp3) is 0.250. The maximum Gasteiger partial charge on any atom is 0.573 e. The van der Waals surface area contributed by atoms with Gasteiger partial charge in [0.25, 0.3) is 0 Å². The van der Waals surface area contributed by atoms with Crippen molar-refractivity contribution >= 4 is 17.4 Å². The number of anilines is 1. The van der Waals surface area contributed by atoms with Gasteiger partial charge in [-0.25, -0.2) is 4.98 Å². The molecule has 0 aliphatic heterocycles. The van der Waals surface area contributed by atoms with E-state index in [2.05, 4.69) is 9.72 Å².